The minimum Gasteiger partial charge on any atom is -0.492 e. The molecule has 1 aliphatic carbocycles. The molecular weight excluding hydrogens is 334 g/mol. The van der Waals surface area contributed by atoms with Crippen molar-refractivity contribution in [1.82, 2.24) is 10.1 Å². The van der Waals surface area contributed by atoms with Crippen molar-refractivity contribution in [2.45, 2.75) is 38.1 Å². The molecule has 2 aromatic rings. The first-order valence-electron chi connectivity index (χ1n) is 7.08. The number of aryl methyl sites for hydroxylation is 1. The van der Waals surface area contributed by atoms with Gasteiger partial charge in [0.15, 0.2) is 5.82 Å². The maximum Gasteiger partial charge on any atom is 0.230 e. The minimum atomic E-state index is -0.372. The Morgan fingerprint density at radius 2 is 2.24 bits per heavy atom. The number of hydrogen-bond acceptors (Lipinski definition) is 5. The van der Waals surface area contributed by atoms with Gasteiger partial charge in [-0.3, -0.25) is 0 Å². The molecule has 0 unspecified atom stereocenters. The molecule has 1 heterocycles. The first kappa shape index (κ1) is 14.5. The Kier molecular flexibility index (Phi) is 3.99. The quantitative estimate of drug-likeness (QED) is 0.895. The van der Waals surface area contributed by atoms with Gasteiger partial charge in [-0.25, -0.2) is 0 Å². The number of benzene rings is 1. The molecule has 0 saturated heterocycles. The molecule has 0 atom stereocenters. The SMILES string of the molecule is Cc1ccc(OCCc2nc(C3(N)CCC3)no2)c(Br)c1. The van der Waals surface area contributed by atoms with Crippen molar-refractivity contribution in [2.24, 2.45) is 5.73 Å². The van der Waals surface area contributed by atoms with Gasteiger partial charge >= 0.3 is 0 Å². The molecule has 112 valence electrons. The molecule has 1 saturated carbocycles. The van der Waals surface area contributed by atoms with Crippen molar-refractivity contribution >= 4 is 15.9 Å². The number of ether oxygens (including phenoxy) is 1. The zero-order chi connectivity index (χ0) is 14.9. The lowest BCUT2D eigenvalue weighted by molar-refractivity contribution is 0.228. The van der Waals surface area contributed by atoms with E-state index in [0.29, 0.717) is 24.7 Å². The average Bonchev–Trinajstić information content (AvgIpc) is 2.88. The van der Waals surface area contributed by atoms with Gasteiger partial charge < -0.3 is 15.0 Å². The van der Waals surface area contributed by atoms with Gasteiger partial charge in [-0.1, -0.05) is 11.2 Å². The Labute approximate surface area is 132 Å². The maximum absolute atomic E-state index is 6.17. The zero-order valence-corrected chi connectivity index (χ0v) is 13.5. The summed E-state index contributed by atoms with van der Waals surface area (Å²) in [7, 11) is 0. The Morgan fingerprint density at radius 3 is 2.90 bits per heavy atom. The summed E-state index contributed by atoms with van der Waals surface area (Å²) in [6.45, 7) is 2.53. The van der Waals surface area contributed by atoms with Gasteiger partial charge in [0.05, 0.1) is 23.0 Å². The fourth-order valence-electron chi connectivity index (χ4n) is 2.31. The summed E-state index contributed by atoms with van der Waals surface area (Å²) in [6.07, 6.45) is 3.56. The molecule has 5 nitrogen and oxygen atoms in total. The molecule has 0 aliphatic heterocycles. The second-order valence-electron chi connectivity index (χ2n) is 5.55. The number of nitrogens with two attached hydrogens (primary N) is 1. The van der Waals surface area contributed by atoms with Crippen LogP contribution in [0.1, 0.15) is 36.5 Å². The van der Waals surface area contributed by atoms with Crippen molar-refractivity contribution in [3.8, 4) is 5.75 Å². The number of hydrogen-bond donors (Lipinski definition) is 1. The van der Waals surface area contributed by atoms with E-state index in [4.69, 9.17) is 15.0 Å². The van der Waals surface area contributed by atoms with Crippen molar-refractivity contribution < 1.29 is 9.26 Å². The molecule has 1 aromatic carbocycles. The molecule has 0 radical (unpaired) electrons. The predicted molar refractivity (Wildman–Crippen MR) is 82.1 cm³/mol. The molecule has 0 bridgehead atoms. The number of rotatable bonds is 5. The molecule has 1 aliphatic rings. The van der Waals surface area contributed by atoms with E-state index in [1.165, 1.54) is 5.56 Å². The highest BCUT2D eigenvalue weighted by Gasteiger charge is 2.38. The van der Waals surface area contributed by atoms with Crippen LogP contribution in [0, 0.1) is 6.92 Å². The number of halogens is 1. The predicted octanol–water partition coefficient (Wildman–Crippen LogP) is 3.10. The molecular formula is C15H18BrN3O2. The topological polar surface area (TPSA) is 74.2 Å². The smallest absolute Gasteiger partial charge is 0.230 e. The molecule has 3 rings (SSSR count). The Morgan fingerprint density at radius 1 is 1.43 bits per heavy atom. The van der Waals surface area contributed by atoms with Crippen molar-refractivity contribution in [1.29, 1.82) is 0 Å². The highest BCUT2D eigenvalue weighted by molar-refractivity contribution is 9.10. The van der Waals surface area contributed by atoms with Crippen LogP contribution in [0.25, 0.3) is 0 Å². The largest absolute Gasteiger partial charge is 0.492 e. The first-order valence-corrected chi connectivity index (χ1v) is 7.87. The summed E-state index contributed by atoms with van der Waals surface area (Å²) in [4.78, 5) is 4.38. The van der Waals surface area contributed by atoms with Gasteiger partial charge in [-0.15, -0.1) is 0 Å². The van der Waals surface area contributed by atoms with E-state index in [9.17, 15) is 0 Å². The van der Waals surface area contributed by atoms with Crippen molar-refractivity contribution in [3.63, 3.8) is 0 Å². The third-order valence-electron chi connectivity index (χ3n) is 3.82. The second-order valence-corrected chi connectivity index (χ2v) is 6.41. The lowest BCUT2D eigenvalue weighted by Gasteiger charge is -2.34. The van der Waals surface area contributed by atoms with Gasteiger partial charge in [-0.05, 0) is 59.8 Å². The van der Waals surface area contributed by atoms with Gasteiger partial charge in [0.25, 0.3) is 0 Å². The van der Waals surface area contributed by atoms with Crippen LogP contribution >= 0.6 is 15.9 Å². The maximum atomic E-state index is 6.17. The molecule has 0 spiro atoms. The summed E-state index contributed by atoms with van der Waals surface area (Å²) >= 11 is 3.49. The monoisotopic (exact) mass is 351 g/mol. The number of aromatic nitrogens is 2. The summed E-state index contributed by atoms with van der Waals surface area (Å²) in [5.41, 5.74) is 6.98. The van der Waals surface area contributed by atoms with Crippen LogP contribution in [0.5, 0.6) is 5.75 Å². The first-order chi connectivity index (χ1) is 10.1. The molecule has 21 heavy (non-hydrogen) atoms. The third-order valence-corrected chi connectivity index (χ3v) is 4.44. The van der Waals surface area contributed by atoms with Gasteiger partial charge in [-0.2, -0.15) is 4.98 Å². The van der Waals surface area contributed by atoms with E-state index in [-0.39, 0.29) is 5.54 Å². The highest BCUT2D eigenvalue weighted by Crippen LogP contribution is 2.36. The Balaban J connectivity index is 1.56. The van der Waals surface area contributed by atoms with Crippen molar-refractivity contribution in [2.75, 3.05) is 6.61 Å². The van der Waals surface area contributed by atoms with Crippen LogP contribution in [0.3, 0.4) is 0 Å². The van der Waals surface area contributed by atoms with Gasteiger partial charge in [0.2, 0.25) is 5.89 Å². The van der Waals surface area contributed by atoms with Gasteiger partial charge in [0, 0.05) is 0 Å². The molecule has 1 fully saturated rings. The van der Waals surface area contributed by atoms with Crippen LogP contribution in [-0.4, -0.2) is 16.7 Å². The van der Waals surface area contributed by atoms with Crippen LogP contribution < -0.4 is 10.5 Å². The van der Waals surface area contributed by atoms with E-state index >= 15 is 0 Å². The second kappa shape index (κ2) is 5.77. The lowest BCUT2D eigenvalue weighted by atomic mass is 9.77. The van der Waals surface area contributed by atoms with Crippen LogP contribution in [-0.2, 0) is 12.0 Å². The lowest BCUT2D eigenvalue weighted by Crippen LogP contribution is -2.44. The highest BCUT2D eigenvalue weighted by atomic mass is 79.9. The molecule has 2 N–H and O–H groups in total. The van der Waals surface area contributed by atoms with Crippen LogP contribution in [0.4, 0.5) is 0 Å². The van der Waals surface area contributed by atoms with E-state index in [1.807, 2.05) is 25.1 Å². The summed E-state index contributed by atoms with van der Waals surface area (Å²) in [5, 5.41) is 3.99. The standard InChI is InChI=1S/C15H18BrN3O2/c1-10-3-4-12(11(16)9-10)20-8-5-13-18-14(19-21-13)15(17)6-2-7-15/h3-4,9H,2,5-8,17H2,1H3. The van der Waals surface area contributed by atoms with Gasteiger partial charge in [0.1, 0.15) is 5.75 Å². The average molecular weight is 352 g/mol. The van der Waals surface area contributed by atoms with E-state index in [0.717, 1.165) is 29.5 Å². The molecule has 1 aromatic heterocycles. The van der Waals surface area contributed by atoms with E-state index < -0.39 is 0 Å². The van der Waals surface area contributed by atoms with Crippen LogP contribution in [0.15, 0.2) is 27.2 Å². The Hall–Kier alpha value is -1.40. The number of nitrogens with zero attached hydrogens (tertiary/aromatic N) is 2. The normalized spacial score (nSPS) is 16.5. The van der Waals surface area contributed by atoms with E-state index in [1.54, 1.807) is 0 Å². The zero-order valence-electron chi connectivity index (χ0n) is 11.9. The van der Waals surface area contributed by atoms with E-state index in [2.05, 4.69) is 26.1 Å². The van der Waals surface area contributed by atoms with Crippen molar-refractivity contribution in [3.05, 3.63) is 40.0 Å². The summed E-state index contributed by atoms with van der Waals surface area (Å²) < 4.78 is 11.9. The minimum absolute atomic E-state index is 0.372. The fraction of sp³-hybridized carbons (Fsp3) is 0.467. The molecule has 0 amide bonds. The Bertz CT molecular complexity index is 638. The third kappa shape index (κ3) is 3.11. The summed E-state index contributed by atoms with van der Waals surface area (Å²) in [6, 6.07) is 5.98. The van der Waals surface area contributed by atoms with Crippen LogP contribution in [0.2, 0.25) is 0 Å². The molecule has 6 heteroatoms. The fourth-order valence-corrected chi connectivity index (χ4v) is 2.92. The summed E-state index contributed by atoms with van der Waals surface area (Å²) in [5.74, 6) is 2.01.